The number of benzene rings is 1. The van der Waals surface area contributed by atoms with Crippen LogP contribution >= 0.6 is 0 Å². The average Bonchev–Trinajstić information content (AvgIpc) is 2.74. The monoisotopic (exact) mass is 431 g/mol. The maximum absolute atomic E-state index is 12.7. The third-order valence-electron chi connectivity index (χ3n) is 4.41. The van der Waals surface area contributed by atoms with Crippen LogP contribution in [0, 0.1) is 0 Å². The second-order valence-corrected chi connectivity index (χ2v) is 6.86. The molecule has 3 aromatic rings. The predicted molar refractivity (Wildman–Crippen MR) is 108 cm³/mol. The number of pyridine rings is 2. The highest BCUT2D eigenvalue weighted by Gasteiger charge is 2.28. The minimum atomic E-state index is -4.44. The van der Waals surface area contributed by atoms with Gasteiger partial charge < -0.3 is 14.6 Å². The first-order chi connectivity index (χ1) is 14.7. The molecule has 0 saturated carbocycles. The molecular formula is C22H20F3N3O3. The summed E-state index contributed by atoms with van der Waals surface area (Å²) in [7, 11) is 0. The van der Waals surface area contributed by atoms with E-state index in [4.69, 9.17) is 0 Å². The molecule has 9 heteroatoms. The number of hydrogen-bond donors (Lipinski definition) is 1. The van der Waals surface area contributed by atoms with E-state index >= 15 is 0 Å². The van der Waals surface area contributed by atoms with Crippen molar-refractivity contribution >= 4 is 5.91 Å². The molecule has 0 saturated heterocycles. The number of carbonyl (C=O) groups excluding carboxylic acids is 1. The second kappa shape index (κ2) is 9.46. The van der Waals surface area contributed by atoms with Gasteiger partial charge in [-0.25, -0.2) is 0 Å². The van der Waals surface area contributed by atoms with Gasteiger partial charge in [0, 0.05) is 6.20 Å². The molecule has 0 aliphatic carbocycles. The Kier molecular flexibility index (Phi) is 6.74. The van der Waals surface area contributed by atoms with Crippen molar-refractivity contribution in [1.82, 2.24) is 14.9 Å². The number of halogens is 3. The van der Waals surface area contributed by atoms with E-state index in [1.165, 1.54) is 22.8 Å². The van der Waals surface area contributed by atoms with Crippen molar-refractivity contribution in [1.29, 1.82) is 0 Å². The number of alkyl halides is 3. The van der Waals surface area contributed by atoms with Crippen molar-refractivity contribution in [3.63, 3.8) is 0 Å². The van der Waals surface area contributed by atoms with Crippen molar-refractivity contribution in [2.75, 3.05) is 6.61 Å². The Labute approximate surface area is 176 Å². The van der Waals surface area contributed by atoms with Gasteiger partial charge in [0.1, 0.15) is 11.3 Å². The van der Waals surface area contributed by atoms with Crippen molar-refractivity contribution in [2.24, 2.45) is 0 Å². The maximum atomic E-state index is 12.7. The fourth-order valence-electron chi connectivity index (χ4n) is 2.86. The molecule has 1 aromatic carbocycles. The molecule has 1 amide bonds. The van der Waals surface area contributed by atoms with E-state index in [0.717, 1.165) is 11.8 Å². The summed E-state index contributed by atoms with van der Waals surface area (Å²) in [5, 5.41) is 2.68. The predicted octanol–water partition coefficient (Wildman–Crippen LogP) is 3.72. The van der Waals surface area contributed by atoms with Crippen LogP contribution in [0.15, 0.2) is 71.8 Å². The van der Waals surface area contributed by atoms with Gasteiger partial charge in [-0.3, -0.25) is 14.6 Å². The lowest BCUT2D eigenvalue weighted by molar-refractivity contribution is -0.153. The Morgan fingerprint density at radius 2 is 1.87 bits per heavy atom. The zero-order chi connectivity index (χ0) is 22.4. The molecule has 0 fully saturated rings. The molecule has 0 bridgehead atoms. The van der Waals surface area contributed by atoms with E-state index in [2.05, 4.69) is 15.0 Å². The number of amides is 1. The van der Waals surface area contributed by atoms with E-state index in [1.807, 2.05) is 30.3 Å². The van der Waals surface area contributed by atoms with Crippen LogP contribution in [0.4, 0.5) is 13.2 Å². The molecule has 6 nitrogen and oxygen atoms in total. The second-order valence-electron chi connectivity index (χ2n) is 6.86. The molecule has 0 aliphatic rings. The molecule has 0 radical (unpaired) electrons. The Balaban J connectivity index is 1.67. The van der Waals surface area contributed by atoms with Crippen LogP contribution in [0.2, 0.25) is 0 Å². The molecule has 3 rings (SSSR count). The zero-order valence-electron chi connectivity index (χ0n) is 16.6. The Morgan fingerprint density at radius 1 is 1.13 bits per heavy atom. The molecule has 0 spiro atoms. The number of ether oxygens (including phenoxy) is 1. The highest BCUT2D eigenvalue weighted by Crippen LogP contribution is 2.19. The van der Waals surface area contributed by atoms with Gasteiger partial charge in [0.2, 0.25) is 0 Å². The number of nitrogens with one attached hydrogen (secondary N) is 1. The lowest BCUT2D eigenvalue weighted by Crippen LogP contribution is -2.34. The number of hydrogen-bond acceptors (Lipinski definition) is 4. The van der Waals surface area contributed by atoms with E-state index < -0.39 is 30.3 Å². The molecular weight excluding hydrogens is 411 g/mol. The SMILES string of the molecule is CC(NC(=O)c1cccn(Cc2ccccc2)c1=O)c1ccc(OCC(F)(F)F)cn1. The van der Waals surface area contributed by atoms with Crippen LogP contribution in [0.3, 0.4) is 0 Å². The highest BCUT2D eigenvalue weighted by atomic mass is 19.4. The summed E-state index contributed by atoms with van der Waals surface area (Å²) < 4.78 is 42.7. The van der Waals surface area contributed by atoms with Crippen LogP contribution in [-0.2, 0) is 6.54 Å². The van der Waals surface area contributed by atoms with Gasteiger partial charge in [0.15, 0.2) is 6.61 Å². The van der Waals surface area contributed by atoms with Gasteiger partial charge in [0.25, 0.3) is 11.5 Å². The third-order valence-corrected chi connectivity index (χ3v) is 4.41. The van der Waals surface area contributed by atoms with Crippen LogP contribution in [-0.4, -0.2) is 28.2 Å². The average molecular weight is 431 g/mol. The molecule has 2 heterocycles. The number of carbonyl (C=O) groups is 1. The van der Waals surface area contributed by atoms with Gasteiger partial charge in [-0.2, -0.15) is 13.2 Å². The van der Waals surface area contributed by atoms with Crippen molar-refractivity contribution in [3.8, 4) is 5.75 Å². The lowest BCUT2D eigenvalue weighted by Gasteiger charge is -2.15. The fraction of sp³-hybridized carbons (Fsp3) is 0.227. The first kappa shape index (κ1) is 22.1. The molecule has 1 atom stereocenters. The van der Waals surface area contributed by atoms with Gasteiger partial charge >= 0.3 is 6.18 Å². The minimum Gasteiger partial charge on any atom is -0.483 e. The Hall–Kier alpha value is -3.62. The van der Waals surface area contributed by atoms with Crippen molar-refractivity contribution in [2.45, 2.75) is 25.7 Å². The first-order valence-corrected chi connectivity index (χ1v) is 9.43. The fourth-order valence-corrected chi connectivity index (χ4v) is 2.86. The highest BCUT2D eigenvalue weighted by molar-refractivity contribution is 5.94. The summed E-state index contributed by atoms with van der Waals surface area (Å²) in [5.41, 5.74) is 0.885. The Bertz CT molecular complexity index is 1080. The van der Waals surface area contributed by atoms with Gasteiger partial charge in [0.05, 0.1) is 24.5 Å². The van der Waals surface area contributed by atoms with Gasteiger partial charge in [-0.05, 0) is 36.8 Å². The molecule has 1 N–H and O–H groups in total. The molecule has 1 unspecified atom stereocenters. The number of aromatic nitrogens is 2. The van der Waals surface area contributed by atoms with E-state index in [1.54, 1.807) is 19.2 Å². The van der Waals surface area contributed by atoms with Crippen LogP contribution in [0.25, 0.3) is 0 Å². The summed E-state index contributed by atoms with van der Waals surface area (Å²) in [6.45, 7) is 0.572. The topological polar surface area (TPSA) is 73.2 Å². The van der Waals surface area contributed by atoms with Crippen LogP contribution < -0.4 is 15.6 Å². The van der Waals surface area contributed by atoms with Crippen LogP contribution in [0.1, 0.15) is 34.6 Å². The Morgan fingerprint density at radius 3 is 2.52 bits per heavy atom. The molecule has 31 heavy (non-hydrogen) atoms. The van der Waals surface area contributed by atoms with Gasteiger partial charge in [-0.15, -0.1) is 0 Å². The summed E-state index contributed by atoms with van der Waals surface area (Å²) >= 11 is 0. The summed E-state index contributed by atoms with van der Waals surface area (Å²) in [4.78, 5) is 29.4. The lowest BCUT2D eigenvalue weighted by atomic mass is 10.1. The number of rotatable bonds is 7. The summed E-state index contributed by atoms with van der Waals surface area (Å²) in [5.74, 6) is -0.606. The standard InChI is InChI=1S/C22H20F3N3O3/c1-15(19-10-9-17(12-26-19)31-14-22(23,24)25)27-20(29)18-8-5-11-28(21(18)30)13-16-6-3-2-4-7-16/h2-12,15H,13-14H2,1H3,(H,27,29). The van der Waals surface area contributed by atoms with Gasteiger partial charge in [-0.1, -0.05) is 30.3 Å². The van der Waals surface area contributed by atoms with E-state index in [-0.39, 0.29) is 11.3 Å². The third kappa shape index (κ3) is 6.18. The van der Waals surface area contributed by atoms with E-state index in [9.17, 15) is 22.8 Å². The summed E-state index contributed by atoms with van der Waals surface area (Å²) in [6.07, 6.45) is -1.68. The van der Waals surface area contributed by atoms with Crippen LogP contribution in [0.5, 0.6) is 5.75 Å². The summed E-state index contributed by atoms with van der Waals surface area (Å²) in [6, 6.07) is 14.6. The van der Waals surface area contributed by atoms with Crippen molar-refractivity contribution < 1.29 is 22.7 Å². The van der Waals surface area contributed by atoms with Crippen molar-refractivity contribution in [3.05, 3.63) is 94.2 Å². The van der Waals surface area contributed by atoms with E-state index in [0.29, 0.717) is 12.2 Å². The maximum Gasteiger partial charge on any atom is 0.422 e. The minimum absolute atomic E-state index is 0.0181. The molecule has 2 aromatic heterocycles. The zero-order valence-corrected chi connectivity index (χ0v) is 16.6. The molecule has 162 valence electrons. The first-order valence-electron chi connectivity index (χ1n) is 9.43. The normalized spacial score (nSPS) is 12.3. The smallest absolute Gasteiger partial charge is 0.422 e. The molecule has 0 aliphatic heterocycles. The largest absolute Gasteiger partial charge is 0.483 e. The quantitative estimate of drug-likeness (QED) is 0.619. The number of nitrogens with zero attached hydrogens (tertiary/aromatic N) is 2.